The SMILES string of the molecule is CCC1(c2cccs2)CC(=O)NC1C. The molecule has 14 heavy (non-hydrogen) atoms. The molecule has 1 N–H and O–H groups in total. The van der Waals surface area contributed by atoms with Gasteiger partial charge >= 0.3 is 0 Å². The van der Waals surface area contributed by atoms with Crippen LogP contribution in [0.15, 0.2) is 17.5 Å². The number of carbonyl (C=O) groups excluding carboxylic acids is 1. The Morgan fingerprint density at radius 3 is 2.93 bits per heavy atom. The Labute approximate surface area is 88.3 Å². The molecule has 1 fully saturated rings. The molecule has 1 saturated heterocycles. The molecular weight excluding hydrogens is 194 g/mol. The number of nitrogens with one attached hydrogen (secondary N) is 1. The Hall–Kier alpha value is -0.830. The first-order chi connectivity index (χ1) is 6.69. The van der Waals surface area contributed by atoms with Crippen molar-refractivity contribution in [1.82, 2.24) is 5.32 Å². The van der Waals surface area contributed by atoms with Crippen LogP contribution < -0.4 is 5.32 Å². The van der Waals surface area contributed by atoms with Crippen LogP contribution in [-0.4, -0.2) is 11.9 Å². The number of thiophene rings is 1. The van der Waals surface area contributed by atoms with E-state index in [0.29, 0.717) is 6.42 Å². The molecule has 2 atom stereocenters. The van der Waals surface area contributed by atoms with Crippen LogP contribution in [0.2, 0.25) is 0 Å². The van der Waals surface area contributed by atoms with Gasteiger partial charge in [-0.1, -0.05) is 13.0 Å². The van der Waals surface area contributed by atoms with Gasteiger partial charge in [0.05, 0.1) is 0 Å². The Morgan fingerprint density at radius 1 is 1.71 bits per heavy atom. The van der Waals surface area contributed by atoms with Crippen LogP contribution in [0.3, 0.4) is 0 Å². The van der Waals surface area contributed by atoms with Crippen LogP contribution in [0.5, 0.6) is 0 Å². The third kappa shape index (κ3) is 1.27. The van der Waals surface area contributed by atoms with Gasteiger partial charge in [0, 0.05) is 22.8 Å². The van der Waals surface area contributed by atoms with Gasteiger partial charge < -0.3 is 5.32 Å². The standard InChI is InChI=1S/C11H15NOS/c1-3-11(9-5-4-6-14-9)7-10(13)12-8(11)2/h4-6,8H,3,7H2,1-2H3,(H,12,13). The minimum atomic E-state index is 0.0469. The van der Waals surface area contributed by atoms with Gasteiger partial charge in [-0.2, -0.15) is 0 Å². The normalized spacial score (nSPS) is 31.9. The lowest BCUT2D eigenvalue weighted by molar-refractivity contribution is -0.119. The molecule has 1 amide bonds. The topological polar surface area (TPSA) is 29.1 Å². The largest absolute Gasteiger partial charge is 0.353 e. The average Bonchev–Trinajstić information content (AvgIpc) is 2.73. The molecule has 1 aromatic heterocycles. The fourth-order valence-corrected chi connectivity index (χ4v) is 3.43. The molecule has 2 unspecified atom stereocenters. The van der Waals surface area contributed by atoms with Crippen molar-refractivity contribution in [3.8, 4) is 0 Å². The monoisotopic (exact) mass is 209 g/mol. The maximum Gasteiger partial charge on any atom is 0.221 e. The molecule has 1 aliphatic heterocycles. The first-order valence-electron chi connectivity index (χ1n) is 5.02. The molecule has 1 aliphatic rings. The van der Waals surface area contributed by atoms with E-state index in [1.54, 1.807) is 11.3 Å². The van der Waals surface area contributed by atoms with Crippen LogP contribution in [0.4, 0.5) is 0 Å². The Balaban J connectivity index is 2.40. The van der Waals surface area contributed by atoms with Crippen molar-refractivity contribution in [2.75, 3.05) is 0 Å². The van der Waals surface area contributed by atoms with E-state index in [1.165, 1.54) is 4.88 Å². The summed E-state index contributed by atoms with van der Waals surface area (Å²) in [7, 11) is 0. The van der Waals surface area contributed by atoms with Crippen molar-refractivity contribution in [2.45, 2.75) is 38.1 Å². The van der Waals surface area contributed by atoms with E-state index in [9.17, 15) is 4.79 Å². The molecule has 0 bridgehead atoms. The number of amides is 1. The zero-order chi connectivity index (χ0) is 10.2. The van der Waals surface area contributed by atoms with E-state index in [1.807, 2.05) is 0 Å². The van der Waals surface area contributed by atoms with Crippen LogP contribution >= 0.6 is 11.3 Å². The minimum absolute atomic E-state index is 0.0469. The number of carbonyl (C=O) groups is 1. The number of hydrogen-bond donors (Lipinski definition) is 1. The van der Waals surface area contributed by atoms with Gasteiger partial charge in [-0.05, 0) is 24.8 Å². The van der Waals surface area contributed by atoms with Crippen molar-refractivity contribution >= 4 is 17.2 Å². The summed E-state index contributed by atoms with van der Waals surface area (Å²) in [6.45, 7) is 4.27. The molecule has 1 aromatic rings. The third-order valence-electron chi connectivity index (χ3n) is 3.33. The second kappa shape index (κ2) is 3.39. The van der Waals surface area contributed by atoms with E-state index in [-0.39, 0.29) is 17.4 Å². The van der Waals surface area contributed by atoms with E-state index in [4.69, 9.17) is 0 Å². The van der Waals surface area contributed by atoms with Gasteiger partial charge in [-0.3, -0.25) is 4.79 Å². The molecule has 0 spiro atoms. The zero-order valence-corrected chi connectivity index (χ0v) is 9.36. The molecule has 0 aliphatic carbocycles. The van der Waals surface area contributed by atoms with Crippen molar-refractivity contribution in [1.29, 1.82) is 0 Å². The summed E-state index contributed by atoms with van der Waals surface area (Å²) in [4.78, 5) is 12.8. The first kappa shape index (κ1) is 9.71. The predicted molar refractivity (Wildman–Crippen MR) is 58.5 cm³/mol. The maximum atomic E-state index is 11.4. The fourth-order valence-electron chi connectivity index (χ4n) is 2.34. The molecule has 0 saturated carbocycles. The van der Waals surface area contributed by atoms with Crippen molar-refractivity contribution in [3.63, 3.8) is 0 Å². The van der Waals surface area contributed by atoms with Gasteiger partial charge in [-0.25, -0.2) is 0 Å². The molecule has 2 heterocycles. The summed E-state index contributed by atoms with van der Waals surface area (Å²) in [5, 5.41) is 5.10. The van der Waals surface area contributed by atoms with E-state index >= 15 is 0 Å². The van der Waals surface area contributed by atoms with Crippen molar-refractivity contribution in [3.05, 3.63) is 22.4 Å². The Morgan fingerprint density at radius 2 is 2.50 bits per heavy atom. The van der Waals surface area contributed by atoms with Crippen LogP contribution in [0.1, 0.15) is 31.6 Å². The summed E-state index contributed by atoms with van der Waals surface area (Å²) >= 11 is 1.76. The summed E-state index contributed by atoms with van der Waals surface area (Å²) in [5.41, 5.74) is 0.0469. The second-order valence-corrected chi connectivity index (χ2v) is 4.90. The number of rotatable bonds is 2. The van der Waals surface area contributed by atoms with Gasteiger partial charge in [0.15, 0.2) is 0 Å². The lowest BCUT2D eigenvalue weighted by atomic mass is 9.77. The molecular formula is C11H15NOS. The summed E-state index contributed by atoms with van der Waals surface area (Å²) in [6, 6.07) is 4.47. The Bertz CT molecular complexity index is 333. The van der Waals surface area contributed by atoms with Crippen LogP contribution in [-0.2, 0) is 10.2 Å². The highest BCUT2D eigenvalue weighted by molar-refractivity contribution is 7.10. The van der Waals surface area contributed by atoms with Crippen LogP contribution in [0, 0.1) is 0 Å². The van der Waals surface area contributed by atoms with Crippen LogP contribution in [0.25, 0.3) is 0 Å². The highest BCUT2D eigenvalue weighted by Crippen LogP contribution is 2.41. The third-order valence-corrected chi connectivity index (χ3v) is 4.41. The van der Waals surface area contributed by atoms with Crippen molar-refractivity contribution < 1.29 is 4.79 Å². The molecule has 76 valence electrons. The lowest BCUT2D eigenvalue weighted by Crippen LogP contribution is -2.36. The smallest absolute Gasteiger partial charge is 0.221 e. The lowest BCUT2D eigenvalue weighted by Gasteiger charge is -2.29. The molecule has 2 nitrogen and oxygen atoms in total. The minimum Gasteiger partial charge on any atom is -0.353 e. The second-order valence-electron chi connectivity index (χ2n) is 3.95. The molecule has 0 aromatic carbocycles. The molecule has 3 heteroatoms. The Kier molecular flexibility index (Phi) is 2.35. The predicted octanol–water partition coefficient (Wildman–Crippen LogP) is 2.30. The van der Waals surface area contributed by atoms with Gasteiger partial charge in [0.25, 0.3) is 0 Å². The van der Waals surface area contributed by atoms with E-state index < -0.39 is 0 Å². The molecule has 2 rings (SSSR count). The number of hydrogen-bond acceptors (Lipinski definition) is 2. The average molecular weight is 209 g/mol. The zero-order valence-electron chi connectivity index (χ0n) is 8.54. The maximum absolute atomic E-state index is 11.4. The highest BCUT2D eigenvalue weighted by atomic mass is 32.1. The van der Waals surface area contributed by atoms with Gasteiger partial charge in [-0.15, -0.1) is 11.3 Å². The summed E-state index contributed by atoms with van der Waals surface area (Å²) < 4.78 is 0. The first-order valence-corrected chi connectivity index (χ1v) is 5.90. The fraction of sp³-hybridized carbons (Fsp3) is 0.545. The summed E-state index contributed by atoms with van der Waals surface area (Å²) in [5.74, 6) is 0.188. The van der Waals surface area contributed by atoms with Gasteiger partial charge in [0.2, 0.25) is 5.91 Å². The van der Waals surface area contributed by atoms with E-state index in [0.717, 1.165) is 6.42 Å². The quantitative estimate of drug-likeness (QED) is 0.795. The van der Waals surface area contributed by atoms with Crippen molar-refractivity contribution in [2.24, 2.45) is 0 Å². The highest BCUT2D eigenvalue weighted by Gasteiger charge is 2.44. The summed E-state index contributed by atoms with van der Waals surface area (Å²) in [6.07, 6.45) is 1.67. The van der Waals surface area contributed by atoms with E-state index in [2.05, 4.69) is 36.7 Å². The molecule has 0 radical (unpaired) electrons. The van der Waals surface area contributed by atoms with Gasteiger partial charge in [0.1, 0.15) is 0 Å².